The molecule has 0 radical (unpaired) electrons. The fourth-order valence-corrected chi connectivity index (χ4v) is 2.91. The second-order valence-electron chi connectivity index (χ2n) is 6.14. The predicted octanol–water partition coefficient (Wildman–Crippen LogP) is 3.47. The Hall–Kier alpha value is -2.84. The second kappa shape index (κ2) is 7.37. The molecule has 1 fully saturated rings. The van der Waals surface area contributed by atoms with E-state index < -0.39 is 0 Å². The first-order valence-electron chi connectivity index (χ1n) is 8.16. The van der Waals surface area contributed by atoms with Gasteiger partial charge in [-0.25, -0.2) is 0 Å². The average Bonchev–Trinajstić information content (AvgIpc) is 3.42. The van der Waals surface area contributed by atoms with E-state index in [1.165, 1.54) is 0 Å². The van der Waals surface area contributed by atoms with Gasteiger partial charge in [-0.2, -0.15) is 5.26 Å². The van der Waals surface area contributed by atoms with Crippen molar-refractivity contribution in [3.05, 3.63) is 59.7 Å². The molecule has 0 spiro atoms. The minimum Gasteiger partial charge on any atom is -0.497 e. The van der Waals surface area contributed by atoms with E-state index in [2.05, 4.69) is 11.4 Å². The van der Waals surface area contributed by atoms with Crippen molar-refractivity contribution in [1.82, 2.24) is 0 Å². The summed E-state index contributed by atoms with van der Waals surface area (Å²) in [7, 11) is 1.63. The summed E-state index contributed by atoms with van der Waals surface area (Å²) in [6, 6.07) is 17.0. The van der Waals surface area contributed by atoms with Crippen LogP contribution in [0.2, 0.25) is 0 Å². The molecule has 1 aliphatic heterocycles. The van der Waals surface area contributed by atoms with Crippen LogP contribution in [0.25, 0.3) is 0 Å². The molecule has 0 bridgehead atoms. The Bertz CT molecular complexity index is 778. The Labute approximate surface area is 147 Å². The zero-order valence-corrected chi connectivity index (χ0v) is 14.2. The fraction of sp³-hybridized carbons (Fsp3) is 0.300. The molecule has 0 saturated carbocycles. The van der Waals surface area contributed by atoms with Crippen LogP contribution < -0.4 is 10.1 Å². The van der Waals surface area contributed by atoms with Crippen LogP contribution in [-0.4, -0.2) is 25.0 Å². The molecule has 0 unspecified atom stereocenters. The molecule has 0 aromatic heterocycles. The number of methoxy groups -OCH3 is 1. The number of carbonyl (C=O) groups is 1. The minimum absolute atomic E-state index is 0.0529. The first-order valence-corrected chi connectivity index (χ1v) is 8.16. The number of carbonyl (C=O) groups excluding carboxylic acids is 1. The first-order chi connectivity index (χ1) is 12.1. The van der Waals surface area contributed by atoms with Crippen LogP contribution in [0.15, 0.2) is 48.5 Å². The summed E-state index contributed by atoms with van der Waals surface area (Å²) in [5, 5.41) is 12.3. The van der Waals surface area contributed by atoms with Gasteiger partial charge in [-0.15, -0.1) is 0 Å². The lowest BCUT2D eigenvalue weighted by atomic mass is 10.0. The third-order valence-electron chi connectivity index (χ3n) is 4.24. The summed E-state index contributed by atoms with van der Waals surface area (Å²) >= 11 is 0. The van der Waals surface area contributed by atoms with Crippen LogP contribution in [0.1, 0.15) is 30.6 Å². The van der Waals surface area contributed by atoms with Crippen LogP contribution >= 0.6 is 0 Å². The van der Waals surface area contributed by atoms with Gasteiger partial charge in [0.05, 0.1) is 24.8 Å². The van der Waals surface area contributed by atoms with Crippen molar-refractivity contribution in [1.29, 1.82) is 5.26 Å². The minimum atomic E-state index is -0.105. The molecule has 0 aliphatic carbocycles. The fourth-order valence-electron chi connectivity index (χ4n) is 2.91. The maximum atomic E-state index is 11.7. The normalized spacial score (nSPS) is 19.6. The molecule has 1 N–H and O–H groups in total. The number of nitrogens with one attached hydrogen (secondary N) is 1. The third kappa shape index (κ3) is 4.17. The lowest BCUT2D eigenvalue weighted by Crippen LogP contribution is -2.28. The predicted molar refractivity (Wildman–Crippen MR) is 94.5 cm³/mol. The van der Waals surface area contributed by atoms with E-state index in [4.69, 9.17) is 14.7 Å². The zero-order valence-electron chi connectivity index (χ0n) is 14.2. The highest BCUT2D eigenvalue weighted by Crippen LogP contribution is 2.42. The zero-order chi connectivity index (χ0) is 17.8. The van der Waals surface area contributed by atoms with Crippen molar-refractivity contribution in [3.8, 4) is 11.8 Å². The largest absolute Gasteiger partial charge is 0.497 e. The number of ether oxygens (including phenoxy) is 2. The number of hydrogen-bond donors (Lipinski definition) is 1. The molecular formula is C20H20N2O3. The maximum absolute atomic E-state index is 11.7. The van der Waals surface area contributed by atoms with Crippen molar-refractivity contribution in [2.75, 3.05) is 12.4 Å². The van der Waals surface area contributed by atoms with Gasteiger partial charge in [-0.05, 0) is 48.9 Å². The van der Waals surface area contributed by atoms with Crippen molar-refractivity contribution in [2.24, 2.45) is 0 Å². The Morgan fingerprint density at radius 3 is 2.48 bits per heavy atom. The molecule has 128 valence electrons. The number of anilines is 1. The lowest BCUT2D eigenvalue weighted by Gasteiger charge is -2.17. The highest BCUT2D eigenvalue weighted by Gasteiger charge is 2.46. The highest BCUT2D eigenvalue weighted by molar-refractivity contribution is 5.77. The van der Waals surface area contributed by atoms with Crippen LogP contribution in [-0.2, 0) is 9.53 Å². The molecule has 1 saturated heterocycles. The maximum Gasteiger partial charge on any atom is 0.131 e. The number of hydrogen-bond acceptors (Lipinski definition) is 5. The number of nitriles is 1. The summed E-state index contributed by atoms with van der Waals surface area (Å²) in [6.45, 7) is 1.59. The van der Waals surface area contributed by atoms with E-state index >= 15 is 0 Å². The van der Waals surface area contributed by atoms with Gasteiger partial charge in [0.2, 0.25) is 0 Å². The van der Waals surface area contributed by atoms with Gasteiger partial charge in [-0.3, -0.25) is 4.79 Å². The van der Waals surface area contributed by atoms with Gasteiger partial charge in [0.1, 0.15) is 23.7 Å². The average molecular weight is 336 g/mol. The van der Waals surface area contributed by atoms with Crippen LogP contribution in [0.5, 0.6) is 5.75 Å². The first kappa shape index (κ1) is 17.0. The van der Waals surface area contributed by atoms with Crippen LogP contribution in [0.3, 0.4) is 0 Å². The van der Waals surface area contributed by atoms with E-state index in [0.29, 0.717) is 12.0 Å². The molecule has 5 heteroatoms. The molecular weight excluding hydrogens is 316 g/mol. The molecule has 3 rings (SSSR count). The van der Waals surface area contributed by atoms with E-state index in [9.17, 15) is 4.79 Å². The van der Waals surface area contributed by atoms with Gasteiger partial charge in [0.15, 0.2) is 0 Å². The number of epoxide rings is 1. The van der Waals surface area contributed by atoms with E-state index in [-0.39, 0.29) is 24.0 Å². The standard InChI is InChI=1S/C20H20N2O3/c1-13(23)11-18(22-16-7-9-17(24-2)10-8-16)20-19(25-20)15-5-3-14(12-21)4-6-15/h3-10,18-20,22H,11H2,1-2H3/t18-,19+,20+/m0/s1. The number of ketones is 1. The van der Waals surface area contributed by atoms with Gasteiger partial charge in [0, 0.05) is 12.1 Å². The Morgan fingerprint density at radius 2 is 1.92 bits per heavy atom. The molecule has 2 aromatic rings. The summed E-state index contributed by atoms with van der Waals surface area (Å²) in [5.41, 5.74) is 2.56. The third-order valence-corrected chi connectivity index (χ3v) is 4.24. The van der Waals surface area contributed by atoms with Gasteiger partial charge >= 0.3 is 0 Å². The second-order valence-corrected chi connectivity index (χ2v) is 6.14. The topological polar surface area (TPSA) is 74.7 Å². The Balaban J connectivity index is 1.70. The summed E-state index contributed by atoms with van der Waals surface area (Å²) < 4.78 is 11.0. The van der Waals surface area contributed by atoms with Gasteiger partial charge < -0.3 is 14.8 Å². The summed E-state index contributed by atoms with van der Waals surface area (Å²) in [5.74, 6) is 0.895. The van der Waals surface area contributed by atoms with E-state index in [1.807, 2.05) is 36.4 Å². The molecule has 25 heavy (non-hydrogen) atoms. The number of Topliss-reactive ketones (excluding diaryl/α,β-unsaturated/α-hetero) is 1. The molecule has 1 heterocycles. The lowest BCUT2D eigenvalue weighted by molar-refractivity contribution is -0.117. The van der Waals surface area contributed by atoms with Crippen LogP contribution in [0.4, 0.5) is 5.69 Å². The summed E-state index contributed by atoms with van der Waals surface area (Å²) in [6.07, 6.45) is 0.269. The van der Waals surface area contributed by atoms with Crippen molar-refractivity contribution >= 4 is 11.5 Å². The van der Waals surface area contributed by atoms with Crippen molar-refractivity contribution < 1.29 is 14.3 Å². The highest BCUT2D eigenvalue weighted by atomic mass is 16.6. The van der Waals surface area contributed by atoms with Crippen molar-refractivity contribution in [3.63, 3.8) is 0 Å². The quantitative estimate of drug-likeness (QED) is 0.784. The molecule has 5 nitrogen and oxygen atoms in total. The molecule has 1 aliphatic rings. The molecule has 2 aromatic carbocycles. The van der Waals surface area contributed by atoms with E-state index in [1.54, 1.807) is 26.2 Å². The number of nitrogens with zero attached hydrogens (tertiary/aromatic N) is 1. The Kier molecular flexibility index (Phi) is 5.01. The smallest absolute Gasteiger partial charge is 0.131 e. The molecule has 3 atom stereocenters. The van der Waals surface area contributed by atoms with E-state index in [0.717, 1.165) is 17.0 Å². The number of benzene rings is 2. The summed E-state index contributed by atoms with van der Waals surface area (Å²) in [4.78, 5) is 11.7. The number of rotatable bonds is 7. The SMILES string of the molecule is COc1ccc(N[C@@H](CC(C)=O)[C@H]2O[C@@H]2c2ccc(C#N)cc2)cc1. The van der Waals surface area contributed by atoms with Crippen LogP contribution in [0, 0.1) is 11.3 Å². The van der Waals surface area contributed by atoms with Gasteiger partial charge in [0.25, 0.3) is 0 Å². The molecule has 0 amide bonds. The van der Waals surface area contributed by atoms with Crippen molar-refractivity contribution in [2.45, 2.75) is 31.6 Å². The van der Waals surface area contributed by atoms with Gasteiger partial charge in [-0.1, -0.05) is 12.1 Å². The Morgan fingerprint density at radius 1 is 1.24 bits per heavy atom. The monoisotopic (exact) mass is 336 g/mol.